The molecular formula is C13H19BrN2O2. The molecule has 0 aliphatic heterocycles. The summed E-state index contributed by atoms with van der Waals surface area (Å²) in [5.74, 6) is 0.0265. The molecule has 1 aromatic rings. The minimum absolute atomic E-state index is 0.0265. The Hall–Kier alpha value is -1.07. The van der Waals surface area contributed by atoms with E-state index in [0.717, 1.165) is 15.7 Å². The second-order valence-electron chi connectivity index (χ2n) is 4.23. The van der Waals surface area contributed by atoms with E-state index in [0.29, 0.717) is 13.0 Å². The zero-order chi connectivity index (χ0) is 13.7. The summed E-state index contributed by atoms with van der Waals surface area (Å²) in [7, 11) is 3.57. The van der Waals surface area contributed by atoms with Crippen molar-refractivity contribution in [3.63, 3.8) is 0 Å². The maximum absolute atomic E-state index is 11.2. The van der Waals surface area contributed by atoms with E-state index >= 15 is 0 Å². The fourth-order valence-electron chi connectivity index (χ4n) is 1.61. The van der Waals surface area contributed by atoms with E-state index in [4.69, 9.17) is 0 Å². The Kier molecular flexibility index (Phi) is 5.62. The summed E-state index contributed by atoms with van der Waals surface area (Å²) in [5, 5.41) is 12.1. The number of hydrogen-bond donors (Lipinski definition) is 2. The molecule has 1 amide bonds. The molecule has 100 valence electrons. The van der Waals surface area contributed by atoms with Gasteiger partial charge in [0.1, 0.15) is 0 Å². The van der Waals surface area contributed by atoms with Gasteiger partial charge < -0.3 is 15.3 Å². The molecule has 0 saturated carbocycles. The molecular weight excluding hydrogens is 296 g/mol. The lowest BCUT2D eigenvalue weighted by Gasteiger charge is -2.21. The minimum atomic E-state index is -0.480. The van der Waals surface area contributed by atoms with Crippen molar-refractivity contribution in [1.29, 1.82) is 0 Å². The Morgan fingerprint density at radius 1 is 1.56 bits per heavy atom. The van der Waals surface area contributed by atoms with Crippen LogP contribution in [0.15, 0.2) is 22.7 Å². The normalized spacial score (nSPS) is 12.1. The predicted molar refractivity (Wildman–Crippen MR) is 76.7 cm³/mol. The van der Waals surface area contributed by atoms with E-state index in [1.54, 1.807) is 14.0 Å². The number of aliphatic hydroxyl groups excluding tert-OH is 1. The van der Waals surface area contributed by atoms with E-state index in [9.17, 15) is 9.90 Å². The molecule has 0 fully saturated rings. The second-order valence-corrected chi connectivity index (χ2v) is 5.09. The van der Waals surface area contributed by atoms with Crippen molar-refractivity contribution >= 4 is 27.5 Å². The molecule has 0 aliphatic rings. The highest BCUT2D eigenvalue weighted by Crippen LogP contribution is 2.28. The van der Waals surface area contributed by atoms with Crippen LogP contribution >= 0.6 is 15.9 Å². The second kappa shape index (κ2) is 6.75. The number of anilines is 1. The average molecular weight is 315 g/mol. The molecule has 0 heterocycles. The van der Waals surface area contributed by atoms with Gasteiger partial charge in [0, 0.05) is 31.5 Å². The highest BCUT2D eigenvalue weighted by molar-refractivity contribution is 9.10. The Morgan fingerprint density at radius 2 is 2.22 bits per heavy atom. The van der Waals surface area contributed by atoms with Crippen molar-refractivity contribution in [3.05, 3.63) is 28.2 Å². The van der Waals surface area contributed by atoms with Crippen LogP contribution in [0.3, 0.4) is 0 Å². The third-order valence-corrected chi connectivity index (χ3v) is 3.45. The Morgan fingerprint density at radius 3 is 2.72 bits per heavy atom. The van der Waals surface area contributed by atoms with Gasteiger partial charge in [0.25, 0.3) is 0 Å². The number of hydrogen-bond acceptors (Lipinski definition) is 3. The van der Waals surface area contributed by atoms with Crippen LogP contribution in [0.1, 0.15) is 25.0 Å². The standard InChI is InChI=1S/C13H19BrN2O2/c1-9(17)10-4-5-12(11(14)8-10)16(3)7-6-13(18)15-2/h4-5,8-9,17H,6-7H2,1-3H3,(H,15,18)/t9-/m1/s1. The number of benzene rings is 1. The molecule has 0 aromatic heterocycles. The lowest BCUT2D eigenvalue weighted by molar-refractivity contribution is -0.120. The molecule has 0 saturated heterocycles. The Labute approximate surface area is 116 Å². The fourth-order valence-corrected chi connectivity index (χ4v) is 2.31. The number of aliphatic hydroxyl groups is 1. The molecule has 4 nitrogen and oxygen atoms in total. The molecule has 5 heteroatoms. The summed E-state index contributed by atoms with van der Waals surface area (Å²) >= 11 is 3.49. The highest BCUT2D eigenvalue weighted by atomic mass is 79.9. The zero-order valence-corrected chi connectivity index (χ0v) is 12.5. The first-order valence-electron chi connectivity index (χ1n) is 5.85. The van der Waals surface area contributed by atoms with Gasteiger partial charge in [-0.2, -0.15) is 0 Å². The minimum Gasteiger partial charge on any atom is -0.389 e. The number of nitrogens with one attached hydrogen (secondary N) is 1. The van der Waals surface area contributed by atoms with Gasteiger partial charge in [0.2, 0.25) is 5.91 Å². The van der Waals surface area contributed by atoms with Gasteiger partial charge in [-0.25, -0.2) is 0 Å². The molecule has 0 spiro atoms. The van der Waals surface area contributed by atoms with Crippen LogP contribution < -0.4 is 10.2 Å². The Bertz CT molecular complexity index is 421. The van der Waals surface area contributed by atoms with Crippen molar-refractivity contribution in [2.45, 2.75) is 19.4 Å². The lowest BCUT2D eigenvalue weighted by atomic mass is 10.1. The number of halogens is 1. The number of nitrogens with zero attached hydrogens (tertiary/aromatic N) is 1. The van der Waals surface area contributed by atoms with Crippen LogP contribution in [-0.4, -0.2) is 31.7 Å². The number of amides is 1. The van der Waals surface area contributed by atoms with E-state index in [-0.39, 0.29) is 5.91 Å². The van der Waals surface area contributed by atoms with Crippen LogP contribution in [-0.2, 0) is 4.79 Å². The number of rotatable bonds is 5. The molecule has 2 N–H and O–H groups in total. The first-order chi connectivity index (χ1) is 8.45. The zero-order valence-electron chi connectivity index (χ0n) is 10.9. The van der Waals surface area contributed by atoms with Crippen LogP contribution in [0.4, 0.5) is 5.69 Å². The molecule has 1 atom stereocenters. The van der Waals surface area contributed by atoms with Gasteiger partial charge in [-0.1, -0.05) is 6.07 Å². The first-order valence-corrected chi connectivity index (χ1v) is 6.64. The quantitative estimate of drug-likeness (QED) is 0.875. The average Bonchev–Trinajstić information content (AvgIpc) is 2.35. The molecule has 0 unspecified atom stereocenters. The summed E-state index contributed by atoms with van der Waals surface area (Å²) in [6, 6.07) is 5.73. The molecule has 0 bridgehead atoms. The molecule has 1 rings (SSSR count). The topological polar surface area (TPSA) is 52.6 Å². The highest BCUT2D eigenvalue weighted by Gasteiger charge is 2.10. The largest absolute Gasteiger partial charge is 0.389 e. The first kappa shape index (κ1) is 15.0. The van der Waals surface area contributed by atoms with Crippen molar-refractivity contribution in [3.8, 4) is 0 Å². The van der Waals surface area contributed by atoms with Gasteiger partial charge in [0.05, 0.1) is 11.8 Å². The summed E-state index contributed by atoms with van der Waals surface area (Å²) < 4.78 is 0.917. The Balaban J connectivity index is 2.74. The maximum atomic E-state index is 11.2. The molecule has 0 radical (unpaired) electrons. The third kappa shape index (κ3) is 3.99. The fraction of sp³-hybridized carbons (Fsp3) is 0.462. The van der Waals surface area contributed by atoms with Crippen molar-refractivity contribution in [2.75, 3.05) is 25.5 Å². The SMILES string of the molecule is CNC(=O)CCN(C)c1ccc([C@@H](C)O)cc1Br. The number of carbonyl (C=O) groups is 1. The van der Waals surface area contributed by atoms with Gasteiger partial charge in [-0.15, -0.1) is 0 Å². The predicted octanol–water partition coefficient (Wildman–Crippen LogP) is 2.07. The van der Waals surface area contributed by atoms with Crippen molar-refractivity contribution in [1.82, 2.24) is 5.32 Å². The van der Waals surface area contributed by atoms with Crippen LogP contribution in [0.25, 0.3) is 0 Å². The van der Waals surface area contributed by atoms with Gasteiger partial charge in [0.15, 0.2) is 0 Å². The third-order valence-electron chi connectivity index (χ3n) is 2.82. The van der Waals surface area contributed by atoms with Crippen LogP contribution in [0.5, 0.6) is 0 Å². The van der Waals surface area contributed by atoms with Crippen molar-refractivity contribution in [2.24, 2.45) is 0 Å². The smallest absolute Gasteiger partial charge is 0.221 e. The maximum Gasteiger partial charge on any atom is 0.221 e. The molecule has 0 aliphatic carbocycles. The molecule has 1 aromatic carbocycles. The monoisotopic (exact) mass is 314 g/mol. The van der Waals surface area contributed by atoms with E-state index in [2.05, 4.69) is 21.2 Å². The van der Waals surface area contributed by atoms with E-state index in [1.165, 1.54) is 0 Å². The van der Waals surface area contributed by atoms with E-state index in [1.807, 2.05) is 30.1 Å². The number of carbonyl (C=O) groups excluding carboxylic acids is 1. The van der Waals surface area contributed by atoms with Gasteiger partial charge in [-0.3, -0.25) is 4.79 Å². The summed E-state index contributed by atoms with van der Waals surface area (Å²) in [6.45, 7) is 2.38. The van der Waals surface area contributed by atoms with Crippen LogP contribution in [0.2, 0.25) is 0 Å². The lowest BCUT2D eigenvalue weighted by Crippen LogP contribution is -2.26. The van der Waals surface area contributed by atoms with Crippen molar-refractivity contribution < 1.29 is 9.90 Å². The summed E-state index contributed by atoms with van der Waals surface area (Å²) in [5.41, 5.74) is 1.87. The van der Waals surface area contributed by atoms with Crippen LogP contribution in [0, 0.1) is 0 Å². The van der Waals surface area contributed by atoms with E-state index < -0.39 is 6.10 Å². The summed E-state index contributed by atoms with van der Waals surface area (Å²) in [4.78, 5) is 13.2. The van der Waals surface area contributed by atoms with Gasteiger partial charge in [-0.05, 0) is 40.5 Å². The summed E-state index contributed by atoms with van der Waals surface area (Å²) in [6.07, 6.45) is -0.0241. The van der Waals surface area contributed by atoms with Gasteiger partial charge >= 0.3 is 0 Å². The molecule has 18 heavy (non-hydrogen) atoms.